The van der Waals surface area contributed by atoms with E-state index in [2.05, 4.69) is 40.2 Å². The lowest BCUT2D eigenvalue weighted by atomic mass is 10.1. The molecular weight excluding hydrogens is 247 g/mol. The lowest BCUT2D eigenvalue weighted by Crippen LogP contribution is -2.05. The van der Waals surface area contributed by atoms with E-state index in [1.807, 2.05) is 0 Å². The van der Waals surface area contributed by atoms with Crippen LogP contribution in [0.15, 0.2) is 28.7 Å². The molecule has 0 N–H and O–H groups in total. The van der Waals surface area contributed by atoms with E-state index in [0.29, 0.717) is 5.38 Å². The van der Waals surface area contributed by atoms with Gasteiger partial charge in [0.05, 0.1) is 0 Å². The van der Waals surface area contributed by atoms with Crippen molar-refractivity contribution in [2.45, 2.75) is 24.6 Å². The van der Waals surface area contributed by atoms with Crippen molar-refractivity contribution in [2.75, 3.05) is 0 Å². The molecule has 0 spiro atoms. The molecule has 0 amide bonds. The number of rotatable bonds is 3. The van der Waals surface area contributed by atoms with Gasteiger partial charge in [-0.15, -0.1) is 11.6 Å². The van der Waals surface area contributed by atoms with E-state index in [1.54, 1.807) is 0 Å². The number of hydrogen-bond donors (Lipinski definition) is 0. The van der Waals surface area contributed by atoms with E-state index in [9.17, 15) is 0 Å². The largest absolute Gasteiger partial charge is 0.122 e. The van der Waals surface area contributed by atoms with Crippen LogP contribution in [0.1, 0.15) is 18.4 Å². The van der Waals surface area contributed by atoms with Gasteiger partial charge in [0.1, 0.15) is 0 Å². The van der Waals surface area contributed by atoms with Crippen LogP contribution in [0.4, 0.5) is 0 Å². The van der Waals surface area contributed by atoms with E-state index >= 15 is 0 Å². The summed E-state index contributed by atoms with van der Waals surface area (Å²) in [5.41, 5.74) is 1.34. The normalized spacial score (nSPS) is 18.6. The molecule has 0 nitrogen and oxygen atoms in total. The van der Waals surface area contributed by atoms with Gasteiger partial charge in [-0.25, -0.2) is 0 Å². The van der Waals surface area contributed by atoms with Crippen LogP contribution in [-0.2, 0) is 6.42 Å². The van der Waals surface area contributed by atoms with Crippen LogP contribution in [0.25, 0.3) is 0 Å². The van der Waals surface area contributed by atoms with E-state index in [0.717, 1.165) is 16.8 Å². The third kappa shape index (κ3) is 2.72. The van der Waals surface area contributed by atoms with E-state index < -0.39 is 0 Å². The highest BCUT2D eigenvalue weighted by molar-refractivity contribution is 9.10. The minimum atomic E-state index is 0.348. The molecule has 2 heteroatoms. The molecule has 1 saturated carbocycles. The summed E-state index contributed by atoms with van der Waals surface area (Å²) >= 11 is 9.66. The maximum atomic E-state index is 6.24. The Kier molecular flexibility index (Phi) is 2.95. The van der Waals surface area contributed by atoms with Crippen LogP contribution >= 0.6 is 27.5 Å². The molecule has 1 atom stereocenters. The van der Waals surface area contributed by atoms with Gasteiger partial charge in [0.25, 0.3) is 0 Å². The molecule has 13 heavy (non-hydrogen) atoms. The highest BCUT2D eigenvalue weighted by Gasteiger charge is 2.29. The molecule has 0 aromatic heterocycles. The summed E-state index contributed by atoms with van der Waals surface area (Å²) < 4.78 is 1.13. The Bertz CT molecular complexity index is 277. The first-order valence-electron chi connectivity index (χ1n) is 4.64. The van der Waals surface area contributed by atoms with Gasteiger partial charge in [0.2, 0.25) is 0 Å². The van der Waals surface area contributed by atoms with Crippen molar-refractivity contribution >= 4 is 27.5 Å². The average molecular weight is 260 g/mol. The summed E-state index contributed by atoms with van der Waals surface area (Å²) in [5.74, 6) is 0.783. The summed E-state index contributed by atoms with van der Waals surface area (Å²) in [4.78, 5) is 0. The Morgan fingerprint density at radius 3 is 2.46 bits per heavy atom. The van der Waals surface area contributed by atoms with Gasteiger partial charge in [0.15, 0.2) is 0 Å². The summed E-state index contributed by atoms with van der Waals surface area (Å²) in [6.45, 7) is 0. The minimum Gasteiger partial charge on any atom is -0.122 e. The monoisotopic (exact) mass is 258 g/mol. The maximum Gasteiger partial charge on any atom is 0.0404 e. The SMILES string of the molecule is ClC(Cc1ccc(Br)cc1)C1CC1. The fourth-order valence-corrected chi connectivity index (χ4v) is 2.16. The summed E-state index contributed by atoms with van der Waals surface area (Å²) in [5, 5.41) is 0.348. The molecule has 0 bridgehead atoms. The van der Waals surface area contributed by atoms with Crippen LogP contribution in [0.2, 0.25) is 0 Å². The van der Waals surface area contributed by atoms with Gasteiger partial charge in [-0.1, -0.05) is 28.1 Å². The fourth-order valence-electron chi connectivity index (χ4n) is 1.47. The lowest BCUT2D eigenvalue weighted by Gasteiger charge is -2.07. The Labute approximate surface area is 92.4 Å². The summed E-state index contributed by atoms with van der Waals surface area (Å²) in [7, 11) is 0. The predicted molar refractivity (Wildman–Crippen MR) is 60.2 cm³/mol. The molecule has 0 heterocycles. The maximum absolute atomic E-state index is 6.24. The van der Waals surface area contributed by atoms with Crippen molar-refractivity contribution in [3.8, 4) is 0 Å². The second kappa shape index (κ2) is 4.02. The van der Waals surface area contributed by atoms with Gasteiger partial charge in [0, 0.05) is 9.85 Å². The van der Waals surface area contributed by atoms with Crippen molar-refractivity contribution in [1.29, 1.82) is 0 Å². The zero-order valence-electron chi connectivity index (χ0n) is 7.34. The second-order valence-corrected chi connectivity index (χ2v) is 5.16. The Morgan fingerprint density at radius 2 is 1.92 bits per heavy atom. The first-order valence-corrected chi connectivity index (χ1v) is 5.87. The van der Waals surface area contributed by atoms with Crippen molar-refractivity contribution in [3.63, 3.8) is 0 Å². The van der Waals surface area contributed by atoms with Gasteiger partial charge >= 0.3 is 0 Å². The standard InChI is InChI=1S/C11H12BrCl/c12-10-5-1-8(2-6-10)7-11(13)9-3-4-9/h1-2,5-6,9,11H,3-4,7H2. The van der Waals surface area contributed by atoms with Gasteiger partial charge in [-0.3, -0.25) is 0 Å². The quantitative estimate of drug-likeness (QED) is 0.720. The van der Waals surface area contributed by atoms with Gasteiger partial charge < -0.3 is 0 Å². The molecule has 0 saturated heterocycles. The molecule has 0 aliphatic heterocycles. The van der Waals surface area contributed by atoms with Gasteiger partial charge in [-0.05, 0) is 42.9 Å². The Hall–Kier alpha value is -0.0100. The summed E-state index contributed by atoms with van der Waals surface area (Å²) in [6.07, 6.45) is 3.66. The zero-order valence-corrected chi connectivity index (χ0v) is 9.68. The summed E-state index contributed by atoms with van der Waals surface area (Å²) in [6, 6.07) is 8.43. The molecule has 1 fully saturated rings. The van der Waals surface area contributed by atoms with Gasteiger partial charge in [-0.2, -0.15) is 0 Å². The third-order valence-electron chi connectivity index (χ3n) is 2.48. The zero-order chi connectivity index (χ0) is 9.26. The number of benzene rings is 1. The minimum absolute atomic E-state index is 0.348. The Balaban J connectivity index is 1.96. The average Bonchev–Trinajstić information content (AvgIpc) is 2.91. The van der Waals surface area contributed by atoms with Crippen molar-refractivity contribution in [2.24, 2.45) is 5.92 Å². The smallest absolute Gasteiger partial charge is 0.0404 e. The van der Waals surface area contributed by atoms with Crippen LogP contribution in [0, 0.1) is 5.92 Å². The number of alkyl halides is 1. The highest BCUT2D eigenvalue weighted by atomic mass is 79.9. The van der Waals surface area contributed by atoms with E-state index in [4.69, 9.17) is 11.6 Å². The molecule has 1 aromatic carbocycles. The molecule has 0 radical (unpaired) electrons. The van der Waals surface area contributed by atoms with Crippen molar-refractivity contribution in [3.05, 3.63) is 34.3 Å². The molecule has 1 aromatic rings. The molecule has 1 unspecified atom stereocenters. The third-order valence-corrected chi connectivity index (χ3v) is 3.52. The van der Waals surface area contributed by atoms with Crippen LogP contribution < -0.4 is 0 Å². The molecule has 1 aliphatic carbocycles. The molecular formula is C11H12BrCl. The fraction of sp³-hybridized carbons (Fsp3) is 0.455. The second-order valence-electron chi connectivity index (χ2n) is 3.68. The topological polar surface area (TPSA) is 0 Å². The first kappa shape index (κ1) is 9.54. The molecule has 70 valence electrons. The van der Waals surface area contributed by atoms with E-state index in [1.165, 1.54) is 18.4 Å². The molecule has 2 rings (SSSR count). The number of hydrogen-bond acceptors (Lipinski definition) is 0. The molecule has 1 aliphatic rings. The van der Waals surface area contributed by atoms with E-state index in [-0.39, 0.29) is 0 Å². The number of halogens is 2. The van der Waals surface area contributed by atoms with Crippen molar-refractivity contribution < 1.29 is 0 Å². The highest BCUT2D eigenvalue weighted by Crippen LogP contribution is 2.37. The van der Waals surface area contributed by atoms with Crippen LogP contribution in [0.3, 0.4) is 0 Å². The van der Waals surface area contributed by atoms with Crippen LogP contribution in [0.5, 0.6) is 0 Å². The predicted octanol–water partition coefficient (Wildman–Crippen LogP) is 4.01. The first-order chi connectivity index (χ1) is 6.25. The van der Waals surface area contributed by atoms with Crippen molar-refractivity contribution in [1.82, 2.24) is 0 Å². The Morgan fingerprint density at radius 1 is 1.31 bits per heavy atom. The lowest BCUT2D eigenvalue weighted by molar-refractivity contribution is 0.737. The van der Waals surface area contributed by atoms with Crippen LogP contribution in [-0.4, -0.2) is 5.38 Å².